The maximum absolute atomic E-state index is 7.15. The highest BCUT2D eigenvalue weighted by molar-refractivity contribution is 6.12. The molecule has 0 radical (unpaired) electrons. The number of pyridine rings is 2. The van der Waals surface area contributed by atoms with E-state index < -0.39 is 5.41 Å². The molecule has 0 amide bonds. The normalized spacial score (nSPS) is 13.3. The summed E-state index contributed by atoms with van der Waals surface area (Å²) in [5, 5.41) is 7.34. The monoisotopic (exact) mass is 905 g/mol. The lowest BCUT2D eigenvalue weighted by Crippen LogP contribution is -2.32. The molecule has 0 bridgehead atoms. The van der Waals surface area contributed by atoms with Crippen molar-refractivity contribution in [1.82, 2.24) is 23.7 Å². The van der Waals surface area contributed by atoms with Gasteiger partial charge in [-0.05, 0) is 113 Å². The number of hydrogen-bond donors (Lipinski definition) is 0. The minimum atomic E-state index is -0.743. The molecule has 0 N–H and O–H groups in total. The molecule has 0 saturated carbocycles. The summed E-state index contributed by atoms with van der Waals surface area (Å²) in [6, 6.07) is 81.4. The van der Waals surface area contributed by atoms with Gasteiger partial charge in [-0.3, -0.25) is 9.97 Å². The Kier molecular flexibility index (Phi) is 7.72. The molecule has 9 aromatic carbocycles. The van der Waals surface area contributed by atoms with E-state index in [4.69, 9.17) is 14.7 Å². The maximum atomic E-state index is 7.15. The van der Waals surface area contributed by atoms with E-state index in [-0.39, 0.29) is 0 Å². The minimum Gasteiger partial charge on any atom is -0.457 e. The van der Waals surface area contributed by atoms with Crippen LogP contribution >= 0.6 is 0 Å². The average molecular weight is 906 g/mol. The Balaban J connectivity index is 0.875. The minimum absolute atomic E-state index is 0.743. The topological polar surface area (TPSA) is 49.8 Å². The maximum Gasteiger partial charge on any atom is 0.134 e. The molecule has 2 aliphatic rings. The molecule has 1 aliphatic carbocycles. The van der Waals surface area contributed by atoms with E-state index in [0.29, 0.717) is 0 Å². The molecule has 6 heteroatoms. The fraction of sp³-hybridized carbons (Fsp3) is 0.0154. The van der Waals surface area contributed by atoms with Crippen LogP contribution in [0.4, 0.5) is 0 Å². The Labute approximate surface area is 407 Å². The Bertz CT molecular complexity index is 4440. The first-order valence-corrected chi connectivity index (χ1v) is 24.2. The van der Waals surface area contributed by atoms with Gasteiger partial charge >= 0.3 is 0 Å². The predicted octanol–water partition coefficient (Wildman–Crippen LogP) is 15.9. The van der Waals surface area contributed by atoms with Crippen LogP contribution < -0.4 is 4.74 Å². The standard InChI is InChI=1S/C65H39N5O/c1-6-23-55-45(16-1)46-17-2-7-24-56(46)68(55)42-14-11-15-43(38-42)69-59-27-10-5-20-49(59)50-36-40(28-32-60(50)69)41-29-33-61-54(37-41)65(52-21-12-34-66-63(52)64-53(65)22-13-35-67-64)51-31-30-44(39-62(51)71-61)70-57-25-8-3-18-47(57)48-19-4-9-26-58(48)70/h1-39H. The lowest BCUT2D eigenvalue weighted by Gasteiger charge is -2.39. The molecule has 0 fully saturated rings. The summed E-state index contributed by atoms with van der Waals surface area (Å²) in [5.41, 5.74) is 17.9. The van der Waals surface area contributed by atoms with Crippen LogP contribution in [-0.2, 0) is 5.41 Å². The summed E-state index contributed by atoms with van der Waals surface area (Å²) in [5.74, 6) is 1.63. The second-order valence-corrected chi connectivity index (χ2v) is 18.9. The van der Waals surface area contributed by atoms with E-state index in [1.54, 1.807) is 0 Å². The summed E-state index contributed by atoms with van der Waals surface area (Å²) in [4.78, 5) is 10.1. The van der Waals surface area contributed by atoms with Gasteiger partial charge in [0.25, 0.3) is 0 Å². The Hall–Kier alpha value is -9.52. The van der Waals surface area contributed by atoms with Crippen LogP contribution in [0.2, 0.25) is 0 Å². The van der Waals surface area contributed by atoms with Gasteiger partial charge in [-0.15, -0.1) is 0 Å². The summed E-state index contributed by atoms with van der Waals surface area (Å²) in [6.45, 7) is 0. The smallest absolute Gasteiger partial charge is 0.134 e. The number of para-hydroxylation sites is 5. The zero-order chi connectivity index (χ0) is 46.4. The Morgan fingerprint density at radius 2 is 0.746 bits per heavy atom. The fourth-order valence-corrected chi connectivity index (χ4v) is 12.5. The van der Waals surface area contributed by atoms with Crippen molar-refractivity contribution in [2.75, 3.05) is 0 Å². The van der Waals surface area contributed by atoms with Crippen LogP contribution in [0.15, 0.2) is 237 Å². The van der Waals surface area contributed by atoms with Gasteiger partial charge in [-0.25, -0.2) is 0 Å². The van der Waals surface area contributed by atoms with E-state index in [1.165, 1.54) is 43.4 Å². The number of aromatic nitrogens is 5. The van der Waals surface area contributed by atoms with Crippen LogP contribution in [0.25, 0.3) is 105 Å². The molecule has 6 heterocycles. The Morgan fingerprint density at radius 1 is 0.296 bits per heavy atom. The lowest BCUT2D eigenvalue weighted by molar-refractivity contribution is 0.436. The van der Waals surface area contributed by atoms with E-state index in [1.807, 2.05) is 12.4 Å². The second-order valence-electron chi connectivity index (χ2n) is 18.9. The highest BCUT2D eigenvalue weighted by atomic mass is 16.5. The number of nitrogens with zero attached hydrogens (tertiary/aromatic N) is 5. The number of rotatable bonds is 4. The quantitative estimate of drug-likeness (QED) is 0.177. The Morgan fingerprint density at radius 3 is 1.28 bits per heavy atom. The van der Waals surface area contributed by atoms with Crippen LogP contribution in [-0.4, -0.2) is 23.7 Å². The molecule has 16 rings (SSSR count). The first-order valence-electron chi connectivity index (χ1n) is 24.2. The average Bonchev–Trinajstić information content (AvgIpc) is 4.15. The number of ether oxygens (including phenoxy) is 1. The molecule has 0 saturated heterocycles. The largest absolute Gasteiger partial charge is 0.457 e. The third-order valence-electron chi connectivity index (χ3n) is 15.4. The van der Waals surface area contributed by atoms with Crippen LogP contribution in [0.1, 0.15) is 22.3 Å². The van der Waals surface area contributed by atoms with Gasteiger partial charge in [0.1, 0.15) is 11.5 Å². The van der Waals surface area contributed by atoms with E-state index in [0.717, 1.165) is 95.4 Å². The van der Waals surface area contributed by atoms with Gasteiger partial charge in [-0.2, -0.15) is 0 Å². The molecule has 330 valence electrons. The molecular formula is C65H39N5O. The third kappa shape index (κ3) is 5.15. The van der Waals surface area contributed by atoms with Gasteiger partial charge in [0.2, 0.25) is 0 Å². The van der Waals surface area contributed by atoms with Gasteiger partial charge in [0.15, 0.2) is 0 Å². The molecular weight excluding hydrogens is 867 g/mol. The van der Waals surface area contributed by atoms with Crippen molar-refractivity contribution in [1.29, 1.82) is 0 Å². The fourth-order valence-electron chi connectivity index (χ4n) is 12.5. The first kappa shape index (κ1) is 38.4. The molecule has 1 aliphatic heterocycles. The van der Waals surface area contributed by atoms with Crippen molar-refractivity contribution in [3.63, 3.8) is 0 Å². The molecule has 14 aromatic rings. The molecule has 6 nitrogen and oxygen atoms in total. The SMILES string of the molecule is c1cc(-n2c3ccccc3c3ccccc32)cc(-n2c3ccccc3c3cc(-c4ccc5c(c4)C4(c6ccc(-n7c8ccccc8c8ccccc87)cc6O5)c5cccnc5-c5ncccc54)ccc32)c1. The number of fused-ring (bicyclic) bond motifs is 18. The molecule has 1 spiro atoms. The van der Waals surface area contributed by atoms with E-state index in [2.05, 4.69) is 238 Å². The van der Waals surface area contributed by atoms with Crippen molar-refractivity contribution in [3.05, 3.63) is 259 Å². The van der Waals surface area contributed by atoms with Crippen LogP contribution in [0, 0.1) is 0 Å². The van der Waals surface area contributed by atoms with Crippen LogP contribution in [0.5, 0.6) is 11.5 Å². The lowest BCUT2D eigenvalue weighted by atomic mass is 9.66. The van der Waals surface area contributed by atoms with Crippen molar-refractivity contribution in [2.24, 2.45) is 0 Å². The zero-order valence-corrected chi connectivity index (χ0v) is 38.2. The number of benzene rings is 9. The van der Waals surface area contributed by atoms with Gasteiger partial charge < -0.3 is 18.4 Å². The molecule has 0 atom stereocenters. The molecule has 71 heavy (non-hydrogen) atoms. The predicted molar refractivity (Wildman–Crippen MR) is 288 cm³/mol. The van der Waals surface area contributed by atoms with Crippen LogP contribution in [0.3, 0.4) is 0 Å². The molecule has 5 aromatic heterocycles. The van der Waals surface area contributed by atoms with Gasteiger partial charge in [0.05, 0.1) is 49.9 Å². The first-order chi connectivity index (χ1) is 35.2. The summed E-state index contributed by atoms with van der Waals surface area (Å²) < 4.78 is 14.3. The van der Waals surface area contributed by atoms with Gasteiger partial charge in [-0.1, -0.05) is 127 Å². The van der Waals surface area contributed by atoms with Crippen molar-refractivity contribution in [2.45, 2.75) is 5.41 Å². The van der Waals surface area contributed by atoms with E-state index >= 15 is 0 Å². The summed E-state index contributed by atoms with van der Waals surface area (Å²) >= 11 is 0. The summed E-state index contributed by atoms with van der Waals surface area (Å²) in [6.07, 6.45) is 3.76. The van der Waals surface area contributed by atoms with E-state index in [9.17, 15) is 0 Å². The van der Waals surface area contributed by atoms with Crippen molar-refractivity contribution in [3.8, 4) is 51.1 Å². The molecule has 0 unspecified atom stereocenters. The summed E-state index contributed by atoms with van der Waals surface area (Å²) in [7, 11) is 0. The highest BCUT2D eigenvalue weighted by Crippen LogP contribution is 2.62. The zero-order valence-electron chi connectivity index (χ0n) is 38.2. The van der Waals surface area contributed by atoms with Crippen molar-refractivity contribution < 1.29 is 4.74 Å². The highest BCUT2D eigenvalue weighted by Gasteiger charge is 2.52. The second kappa shape index (κ2) is 14.3. The third-order valence-corrected chi connectivity index (χ3v) is 15.4. The van der Waals surface area contributed by atoms with Gasteiger partial charge in [0, 0.05) is 79.0 Å². The van der Waals surface area contributed by atoms with Crippen molar-refractivity contribution >= 4 is 65.4 Å². The number of hydrogen-bond acceptors (Lipinski definition) is 3.